The summed E-state index contributed by atoms with van der Waals surface area (Å²) >= 11 is 0. The molecule has 1 fully saturated rings. The Balaban J connectivity index is 1.24. The van der Waals surface area contributed by atoms with Crippen LogP contribution in [0.1, 0.15) is 12.8 Å². The fourth-order valence-corrected chi connectivity index (χ4v) is 2.73. The fourth-order valence-electron chi connectivity index (χ4n) is 2.73. The summed E-state index contributed by atoms with van der Waals surface area (Å²) in [5, 5.41) is 14.3. The van der Waals surface area contributed by atoms with E-state index in [0.717, 1.165) is 12.8 Å². The van der Waals surface area contributed by atoms with Crippen LogP contribution in [0.3, 0.4) is 0 Å². The highest BCUT2D eigenvalue weighted by atomic mass is 19.1. The van der Waals surface area contributed by atoms with E-state index in [1.54, 1.807) is 12.1 Å². The van der Waals surface area contributed by atoms with Gasteiger partial charge >= 0.3 is 0 Å². The molecule has 26 heavy (non-hydrogen) atoms. The van der Waals surface area contributed by atoms with Crippen LogP contribution in [-0.2, 0) is 0 Å². The topological polar surface area (TPSA) is 93.3 Å². The molecule has 0 bridgehead atoms. The monoisotopic (exact) mass is 356 g/mol. The minimum Gasteiger partial charge on any atom is -0.856 e. The molecule has 0 N–H and O–H groups in total. The smallest absolute Gasteiger partial charge is 0.232 e. The molecule has 0 saturated heterocycles. The quantitative estimate of drug-likeness (QED) is 0.670. The lowest BCUT2D eigenvalue weighted by atomic mass is 9.83. The molecule has 7 nitrogen and oxygen atoms in total. The average Bonchev–Trinajstić information content (AvgIpc) is 3.04. The number of hydrogen-bond acceptors (Lipinski definition) is 7. The summed E-state index contributed by atoms with van der Waals surface area (Å²) < 4.78 is 29.3. The molecule has 8 heteroatoms. The van der Waals surface area contributed by atoms with E-state index >= 15 is 0 Å². The number of halogens is 1. The summed E-state index contributed by atoms with van der Waals surface area (Å²) in [5.74, 6) is 0.807. The molecular formula is C18H15FN3O4-. The van der Waals surface area contributed by atoms with Crippen LogP contribution >= 0.6 is 0 Å². The van der Waals surface area contributed by atoms with Gasteiger partial charge in [0.05, 0.1) is 19.0 Å². The molecule has 1 aliphatic carbocycles. The number of rotatable bonds is 6. The summed E-state index contributed by atoms with van der Waals surface area (Å²) in [6, 6.07) is 7.36. The van der Waals surface area contributed by atoms with Crippen molar-refractivity contribution in [1.82, 2.24) is 15.1 Å². The maximum atomic E-state index is 13.1. The van der Waals surface area contributed by atoms with E-state index in [-0.39, 0.29) is 17.7 Å². The lowest BCUT2D eigenvalue weighted by molar-refractivity contribution is -0.277. The van der Waals surface area contributed by atoms with Crippen molar-refractivity contribution in [3.63, 3.8) is 0 Å². The highest BCUT2D eigenvalue weighted by Gasteiger charge is 2.31. The van der Waals surface area contributed by atoms with E-state index in [1.165, 1.54) is 30.6 Å². The van der Waals surface area contributed by atoms with Crippen molar-refractivity contribution in [3.05, 3.63) is 48.5 Å². The predicted molar refractivity (Wildman–Crippen MR) is 86.0 cm³/mol. The van der Waals surface area contributed by atoms with Crippen molar-refractivity contribution in [3.8, 4) is 29.0 Å². The van der Waals surface area contributed by atoms with Crippen molar-refractivity contribution in [1.29, 1.82) is 0 Å². The molecule has 0 spiro atoms. The molecule has 0 atom stereocenters. The van der Waals surface area contributed by atoms with Gasteiger partial charge in [0, 0.05) is 18.0 Å². The highest BCUT2D eigenvalue weighted by Crippen LogP contribution is 2.31. The molecule has 0 amide bonds. The first kappa shape index (κ1) is 16.3. The second kappa shape index (κ2) is 6.99. The molecule has 1 aliphatic rings. The second-order valence-corrected chi connectivity index (χ2v) is 6.11. The number of nitrogens with zero attached hydrogens (tertiary/aromatic N) is 3. The Hall–Kier alpha value is -3.16. The van der Waals surface area contributed by atoms with Gasteiger partial charge < -0.3 is 19.1 Å². The van der Waals surface area contributed by atoms with Gasteiger partial charge in [-0.05, 0) is 30.9 Å². The number of aromatic nitrogens is 3. The van der Waals surface area contributed by atoms with Gasteiger partial charge in [-0.25, -0.2) is 14.4 Å². The van der Waals surface area contributed by atoms with Gasteiger partial charge in [0.25, 0.3) is 0 Å². The van der Waals surface area contributed by atoms with Gasteiger partial charge in [-0.15, -0.1) is 0 Å². The largest absolute Gasteiger partial charge is 0.856 e. The summed E-state index contributed by atoms with van der Waals surface area (Å²) in [6.45, 7) is 0.525. The number of hydrogen-bond donors (Lipinski definition) is 0. The minimum absolute atomic E-state index is 0.0507. The van der Waals surface area contributed by atoms with Crippen LogP contribution in [0.2, 0.25) is 0 Å². The third kappa shape index (κ3) is 3.74. The van der Waals surface area contributed by atoms with E-state index in [9.17, 15) is 9.50 Å². The Kier molecular flexibility index (Phi) is 4.39. The Morgan fingerprint density at radius 1 is 1.19 bits per heavy atom. The molecular weight excluding hydrogens is 341 g/mol. The van der Waals surface area contributed by atoms with Crippen LogP contribution in [-0.4, -0.2) is 27.8 Å². The Morgan fingerprint density at radius 2 is 2.08 bits per heavy atom. The summed E-state index contributed by atoms with van der Waals surface area (Å²) in [5.41, 5.74) is 0.418. The van der Waals surface area contributed by atoms with Crippen LogP contribution in [0.25, 0.3) is 11.5 Å². The molecule has 1 aromatic carbocycles. The van der Waals surface area contributed by atoms with Crippen molar-refractivity contribution < 1.29 is 23.5 Å². The molecule has 0 aliphatic heterocycles. The molecule has 0 radical (unpaired) electrons. The van der Waals surface area contributed by atoms with Crippen molar-refractivity contribution in [2.75, 3.05) is 6.61 Å². The van der Waals surface area contributed by atoms with Crippen LogP contribution in [0, 0.1) is 11.7 Å². The first-order valence-corrected chi connectivity index (χ1v) is 8.17. The zero-order chi connectivity index (χ0) is 17.9. The SMILES string of the molecule is [O-]c1cc(-c2cnc(OC3CC(COc4cccc(F)c4)C3)cn2)on1. The Labute approximate surface area is 148 Å². The van der Waals surface area contributed by atoms with Crippen LogP contribution in [0.15, 0.2) is 47.2 Å². The maximum Gasteiger partial charge on any atom is 0.232 e. The standard InChI is InChI=1S/C18H16FN3O4/c19-12-2-1-3-13(6-12)24-10-11-4-14(5-11)25-18-9-20-15(8-21-18)16-7-17(23)22-26-16/h1-3,6-9,11,14H,4-5,10H2,(H,22,23)/p-1. The van der Waals surface area contributed by atoms with E-state index in [0.29, 0.717) is 29.8 Å². The molecule has 0 unspecified atom stereocenters. The van der Waals surface area contributed by atoms with E-state index in [2.05, 4.69) is 15.1 Å². The van der Waals surface area contributed by atoms with Crippen LogP contribution < -0.4 is 14.6 Å². The van der Waals surface area contributed by atoms with Crippen LogP contribution in [0.5, 0.6) is 17.5 Å². The van der Waals surface area contributed by atoms with E-state index < -0.39 is 5.88 Å². The third-order valence-corrected chi connectivity index (χ3v) is 4.13. The number of benzene rings is 1. The van der Waals surface area contributed by atoms with Gasteiger partial charge in [0.1, 0.15) is 23.4 Å². The third-order valence-electron chi connectivity index (χ3n) is 4.13. The lowest BCUT2D eigenvalue weighted by Crippen LogP contribution is -2.37. The highest BCUT2D eigenvalue weighted by molar-refractivity contribution is 5.51. The molecule has 3 aromatic rings. The molecule has 4 rings (SSSR count). The summed E-state index contributed by atoms with van der Waals surface area (Å²) in [4.78, 5) is 8.32. The molecule has 2 aromatic heterocycles. The van der Waals surface area contributed by atoms with Crippen molar-refractivity contribution >= 4 is 0 Å². The fraction of sp³-hybridized carbons (Fsp3) is 0.278. The summed E-state index contributed by atoms with van der Waals surface area (Å²) in [7, 11) is 0. The first-order valence-electron chi connectivity index (χ1n) is 8.17. The molecule has 1 saturated carbocycles. The second-order valence-electron chi connectivity index (χ2n) is 6.11. The number of ether oxygens (including phenoxy) is 2. The normalized spacial score (nSPS) is 19.0. The average molecular weight is 356 g/mol. The van der Waals surface area contributed by atoms with Gasteiger partial charge in [0.2, 0.25) is 5.88 Å². The van der Waals surface area contributed by atoms with Crippen molar-refractivity contribution in [2.45, 2.75) is 18.9 Å². The van der Waals surface area contributed by atoms with Gasteiger partial charge in [0.15, 0.2) is 5.76 Å². The lowest BCUT2D eigenvalue weighted by Gasteiger charge is -2.34. The zero-order valence-corrected chi connectivity index (χ0v) is 13.7. The minimum atomic E-state index is -0.455. The van der Waals surface area contributed by atoms with E-state index in [1.807, 2.05) is 0 Å². The Morgan fingerprint density at radius 3 is 2.77 bits per heavy atom. The predicted octanol–water partition coefficient (Wildman–Crippen LogP) is 2.58. The van der Waals surface area contributed by atoms with Gasteiger partial charge in [-0.1, -0.05) is 11.2 Å². The van der Waals surface area contributed by atoms with Gasteiger partial charge in [-0.3, -0.25) is 0 Å². The first-order chi connectivity index (χ1) is 12.7. The van der Waals surface area contributed by atoms with Crippen LogP contribution in [0.4, 0.5) is 4.39 Å². The summed E-state index contributed by atoms with van der Waals surface area (Å²) in [6.07, 6.45) is 4.67. The van der Waals surface area contributed by atoms with E-state index in [4.69, 9.17) is 14.0 Å². The Bertz CT molecular complexity index is 878. The molecule has 134 valence electrons. The van der Waals surface area contributed by atoms with Crippen molar-refractivity contribution in [2.24, 2.45) is 5.92 Å². The maximum absolute atomic E-state index is 13.1. The van der Waals surface area contributed by atoms with Gasteiger partial charge in [-0.2, -0.15) is 0 Å². The molecule has 2 heterocycles. The zero-order valence-electron chi connectivity index (χ0n) is 13.7.